The van der Waals surface area contributed by atoms with Crippen LogP contribution in [-0.2, 0) is 4.74 Å². The Labute approximate surface area is 114 Å². The molecule has 0 aromatic heterocycles. The Morgan fingerprint density at radius 1 is 1.50 bits per heavy atom. The van der Waals surface area contributed by atoms with Crippen molar-refractivity contribution in [1.82, 2.24) is 4.90 Å². The molecule has 0 saturated carbocycles. The third kappa shape index (κ3) is 2.57. The maximum Gasteiger partial charge on any atom is 0.255 e. The summed E-state index contributed by atoms with van der Waals surface area (Å²) in [6.45, 7) is 4.90. The van der Waals surface area contributed by atoms with E-state index in [1.54, 1.807) is 17.0 Å². The van der Waals surface area contributed by atoms with Crippen molar-refractivity contribution in [2.24, 2.45) is 0 Å². The highest BCUT2D eigenvalue weighted by Gasteiger charge is 2.29. The number of amides is 1. The van der Waals surface area contributed by atoms with Crippen molar-refractivity contribution in [1.29, 1.82) is 0 Å². The molecule has 3 nitrogen and oxygen atoms in total. The fraction of sp³-hybridized carbons (Fsp3) is 0.462. The molecule has 1 aliphatic rings. The molecule has 0 aliphatic carbocycles. The standard InChI is InChI=1S/C13H15BrFNO2/c1-8-7-18-9(2)6-16(8)13(17)10-4-3-5-11(15)12(10)14/h3-5,8-9H,6-7H2,1-2H3. The molecule has 5 heteroatoms. The summed E-state index contributed by atoms with van der Waals surface area (Å²) in [6, 6.07) is 4.50. The van der Waals surface area contributed by atoms with Gasteiger partial charge in [0, 0.05) is 6.54 Å². The van der Waals surface area contributed by atoms with Gasteiger partial charge in [-0.25, -0.2) is 4.39 Å². The molecular weight excluding hydrogens is 301 g/mol. The minimum Gasteiger partial charge on any atom is -0.375 e. The summed E-state index contributed by atoms with van der Waals surface area (Å²) in [5.74, 6) is -0.584. The molecule has 1 aromatic rings. The van der Waals surface area contributed by atoms with Gasteiger partial charge in [0.1, 0.15) is 5.82 Å². The van der Waals surface area contributed by atoms with E-state index in [0.29, 0.717) is 18.7 Å². The number of hydrogen-bond acceptors (Lipinski definition) is 2. The van der Waals surface area contributed by atoms with Gasteiger partial charge in [0.05, 0.1) is 28.8 Å². The second-order valence-electron chi connectivity index (χ2n) is 4.55. The zero-order valence-corrected chi connectivity index (χ0v) is 11.9. The highest BCUT2D eigenvalue weighted by Crippen LogP contribution is 2.24. The van der Waals surface area contributed by atoms with E-state index in [0.717, 1.165) is 0 Å². The molecule has 98 valence electrons. The van der Waals surface area contributed by atoms with Gasteiger partial charge in [-0.3, -0.25) is 4.79 Å². The van der Waals surface area contributed by atoms with Crippen LogP contribution >= 0.6 is 15.9 Å². The first-order valence-corrected chi connectivity index (χ1v) is 6.66. The van der Waals surface area contributed by atoms with Crippen LogP contribution in [0.25, 0.3) is 0 Å². The smallest absolute Gasteiger partial charge is 0.255 e. The van der Waals surface area contributed by atoms with Gasteiger partial charge < -0.3 is 9.64 Å². The summed E-state index contributed by atoms with van der Waals surface area (Å²) in [6.07, 6.45) is 0.0116. The SMILES string of the molecule is CC1CN(C(=O)c2cccc(F)c2Br)C(C)CO1. The largest absolute Gasteiger partial charge is 0.375 e. The lowest BCUT2D eigenvalue weighted by atomic mass is 10.1. The summed E-state index contributed by atoms with van der Waals surface area (Å²) >= 11 is 3.13. The molecule has 1 aliphatic heterocycles. The summed E-state index contributed by atoms with van der Waals surface area (Å²) < 4.78 is 19.1. The lowest BCUT2D eigenvalue weighted by Gasteiger charge is -2.37. The molecule has 18 heavy (non-hydrogen) atoms. The number of benzene rings is 1. The number of halogens is 2. The number of hydrogen-bond donors (Lipinski definition) is 0. The molecule has 0 N–H and O–H groups in total. The van der Waals surface area contributed by atoms with Crippen molar-refractivity contribution >= 4 is 21.8 Å². The maximum absolute atomic E-state index is 13.4. The van der Waals surface area contributed by atoms with Crippen molar-refractivity contribution in [2.75, 3.05) is 13.2 Å². The zero-order chi connectivity index (χ0) is 13.3. The average Bonchev–Trinajstić information content (AvgIpc) is 2.35. The number of carbonyl (C=O) groups is 1. The summed E-state index contributed by atoms with van der Waals surface area (Å²) in [5, 5.41) is 0. The first-order chi connectivity index (χ1) is 8.50. The molecule has 0 spiro atoms. The lowest BCUT2D eigenvalue weighted by Crippen LogP contribution is -2.50. The number of ether oxygens (including phenoxy) is 1. The number of rotatable bonds is 1. The van der Waals surface area contributed by atoms with Crippen molar-refractivity contribution in [3.05, 3.63) is 34.1 Å². The number of nitrogens with zero attached hydrogens (tertiary/aromatic N) is 1. The molecule has 1 heterocycles. The van der Waals surface area contributed by atoms with Gasteiger partial charge in [-0.05, 0) is 41.9 Å². The quantitative estimate of drug-likeness (QED) is 0.797. The lowest BCUT2D eigenvalue weighted by molar-refractivity contribution is -0.0387. The first-order valence-electron chi connectivity index (χ1n) is 5.87. The Morgan fingerprint density at radius 2 is 2.22 bits per heavy atom. The van der Waals surface area contributed by atoms with E-state index in [2.05, 4.69) is 15.9 Å². The predicted molar refractivity (Wildman–Crippen MR) is 70.0 cm³/mol. The zero-order valence-electron chi connectivity index (χ0n) is 10.3. The molecule has 1 fully saturated rings. The maximum atomic E-state index is 13.4. The molecule has 1 saturated heterocycles. The molecule has 2 unspecified atom stereocenters. The minimum atomic E-state index is -0.421. The average molecular weight is 316 g/mol. The monoisotopic (exact) mass is 315 g/mol. The van der Waals surface area contributed by atoms with Crippen LogP contribution in [0.3, 0.4) is 0 Å². The van der Waals surface area contributed by atoms with E-state index < -0.39 is 5.82 Å². The highest BCUT2D eigenvalue weighted by molar-refractivity contribution is 9.10. The van der Waals surface area contributed by atoms with Crippen molar-refractivity contribution < 1.29 is 13.9 Å². The van der Waals surface area contributed by atoms with Gasteiger partial charge >= 0.3 is 0 Å². The predicted octanol–water partition coefficient (Wildman–Crippen LogP) is 2.84. The van der Waals surface area contributed by atoms with Crippen LogP contribution < -0.4 is 0 Å². The molecule has 1 amide bonds. The second-order valence-corrected chi connectivity index (χ2v) is 5.34. The molecule has 0 bridgehead atoms. The highest BCUT2D eigenvalue weighted by atomic mass is 79.9. The van der Waals surface area contributed by atoms with Crippen LogP contribution in [0, 0.1) is 5.82 Å². The Hall–Kier alpha value is -0.940. The number of carbonyl (C=O) groups excluding carboxylic acids is 1. The van der Waals surface area contributed by atoms with Crippen LogP contribution in [-0.4, -0.2) is 36.1 Å². The van der Waals surface area contributed by atoms with Gasteiger partial charge in [0.25, 0.3) is 5.91 Å². The number of morpholine rings is 1. The molecule has 0 radical (unpaired) electrons. The Bertz CT molecular complexity index is 466. The van der Waals surface area contributed by atoms with Crippen LogP contribution in [0.4, 0.5) is 4.39 Å². The summed E-state index contributed by atoms with van der Waals surface area (Å²) in [7, 11) is 0. The van der Waals surface area contributed by atoms with Gasteiger partial charge in [0.2, 0.25) is 0 Å². The normalized spacial score (nSPS) is 24.1. The molecule has 2 rings (SSSR count). The molecule has 1 aromatic carbocycles. The Balaban J connectivity index is 2.27. The van der Waals surface area contributed by atoms with Gasteiger partial charge in [-0.15, -0.1) is 0 Å². The van der Waals surface area contributed by atoms with E-state index in [1.165, 1.54) is 6.07 Å². The first kappa shape index (κ1) is 13.5. The van der Waals surface area contributed by atoms with Gasteiger partial charge in [-0.2, -0.15) is 0 Å². The topological polar surface area (TPSA) is 29.5 Å². The Morgan fingerprint density at radius 3 is 2.94 bits per heavy atom. The molecule has 2 atom stereocenters. The van der Waals surface area contributed by atoms with Crippen molar-refractivity contribution in [3.63, 3.8) is 0 Å². The minimum absolute atomic E-state index is 0.00358. The second kappa shape index (κ2) is 5.36. The van der Waals surface area contributed by atoms with Crippen LogP contribution in [0.5, 0.6) is 0 Å². The van der Waals surface area contributed by atoms with Crippen LogP contribution in [0.1, 0.15) is 24.2 Å². The van der Waals surface area contributed by atoms with Crippen molar-refractivity contribution in [3.8, 4) is 0 Å². The van der Waals surface area contributed by atoms with E-state index in [1.807, 2.05) is 13.8 Å². The molecular formula is C13H15BrFNO2. The van der Waals surface area contributed by atoms with Crippen molar-refractivity contribution in [2.45, 2.75) is 26.0 Å². The van der Waals surface area contributed by atoms with Gasteiger partial charge in [0.15, 0.2) is 0 Å². The Kier molecular flexibility index (Phi) is 4.02. The summed E-state index contributed by atoms with van der Waals surface area (Å²) in [4.78, 5) is 14.1. The van der Waals surface area contributed by atoms with E-state index in [9.17, 15) is 9.18 Å². The van der Waals surface area contributed by atoms with E-state index >= 15 is 0 Å². The van der Waals surface area contributed by atoms with E-state index in [4.69, 9.17) is 4.74 Å². The van der Waals surface area contributed by atoms with Gasteiger partial charge in [-0.1, -0.05) is 6.07 Å². The third-order valence-electron chi connectivity index (χ3n) is 3.05. The van der Waals surface area contributed by atoms with Crippen LogP contribution in [0.2, 0.25) is 0 Å². The fourth-order valence-electron chi connectivity index (χ4n) is 2.01. The van der Waals surface area contributed by atoms with E-state index in [-0.39, 0.29) is 22.5 Å². The fourth-order valence-corrected chi connectivity index (χ4v) is 2.44. The van der Waals surface area contributed by atoms with Crippen LogP contribution in [0.15, 0.2) is 22.7 Å². The third-order valence-corrected chi connectivity index (χ3v) is 3.86. The summed E-state index contributed by atoms with van der Waals surface area (Å²) in [5.41, 5.74) is 0.357.